The Morgan fingerprint density at radius 3 is 1.16 bits per heavy atom. The van der Waals surface area contributed by atoms with Crippen molar-refractivity contribution < 1.29 is 14.4 Å². The zero-order valence-electron chi connectivity index (χ0n) is 28.9. The van der Waals surface area contributed by atoms with Gasteiger partial charge in [0, 0.05) is 19.4 Å². The van der Waals surface area contributed by atoms with Crippen LogP contribution in [-0.4, -0.2) is 37.7 Å². The predicted octanol–water partition coefficient (Wildman–Crippen LogP) is 9.33. The van der Waals surface area contributed by atoms with Crippen LogP contribution in [0, 0.1) is 0 Å². The van der Waals surface area contributed by atoms with E-state index in [4.69, 9.17) is 0 Å². The SMILES string of the molecule is C[B]NC(=O)[C@H](CNC(=O)CCCCCCCCCCCCCCC)NC(=O)CCCCCCCCCCCCCCC. The molecule has 0 bridgehead atoms. The van der Waals surface area contributed by atoms with E-state index in [1.165, 1.54) is 135 Å². The molecule has 6 nitrogen and oxygen atoms in total. The highest BCUT2D eigenvalue weighted by atomic mass is 16.2. The third-order valence-electron chi connectivity index (χ3n) is 8.46. The first-order valence-electron chi connectivity index (χ1n) is 18.7. The van der Waals surface area contributed by atoms with Gasteiger partial charge < -0.3 is 15.9 Å². The lowest BCUT2D eigenvalue weighted by Crippen LogP contribution is -2.53. The molecular formula is C36H71BN3O3. The van der Waals surface area contributed by atoms with Crippen LogP contribution in [0.2, 0.25) is 6.82 Å². The molecule has 0 aliphatic rings. The Kier molecular flexibility index (Phi) is 32.2. The molecule has 0 aromatic carbocycles. The van der Waals surface area contributed by atoms with Gasteiger partial charge >= 0.3 is 0 Å². The summed E-state index contributed by atoms with van der Waals surface area (Å²) in [6.07, 6.45) is 33.9. The summed E-state index contributed by atoms with van der Waals surface area (Å²) in [4.78, 5) is 37.3. The van der Waals surface area contributed by atoms with Crippen molar-refractivity contribution in [2.24, 2.45) is 0 Å². The van der Waals surface area contributed by atoms with Gasteiger partial charge in [-0.2, -0.15) is 0 Å². The molecule has 0 saturated heterocycles. The highest BCUT2D eigenvalue weighted by molar-refractivity contribution is 6.35. The molecule has 43 heavy (non-hydrogen) atoms. The molecule has 251 valence electrons. The maximum atomic E-state index is 12.5. The highest BCUT2D eigenvalue weighted by Crippen LogP contribution is 2.14. The Labute approximate surface area is 268 Å². The van der Waals surface area contributed by atoms with Crippen molar-refractivity contribution in [2.75, 3.05) is 6.54 Å². The highest BCUT2D eigenvalue weighted by Gasteiger charge is 2.20. The number of carbonyl (C=O) groups is 3. The van der Waals surface area contributed by atoms with E-state index in [1.807, 2.05) is 0 Å². The standard InChI is InChI=1S/C36H71BN3O3/c1-4-6-8-10-12-14-16-18-20-22-24-26-28-30-34(41)38-32-33(36(43)40-37-3)39-35(42)31-29-27-25-23-21-19-17-15-13-11-9-7-5-2/h33H,4-32H2,1-3H3,(H,38,41)(H,39,42)(H,40,43)/t33-/m0/s1. The zero-order chi connectivity index (χ0) is 31.6. The quantitative estimate of drug-likeness (QED) is 0.0515. The number of amides is 3. The molecule has 0 unspecified atom stereocenters. The topological polar surface area (TPSA) is 87.3 Å². The molecule has 0 heterocycles. The molecule has 0 aromatic heterocycles. The van der Waals surface area contributed by atoms with Crippen molar-refractivity contribution in [2.45, 2.75) is 206 Å². The summed E-state index contributed by atoms with van der Waals surface area (Å²) in [6, 6.07) is -0.749. The van der Waals surface area contributed by atoms with Crippen molar-refractivity contribution in [1.29, 1.82) is 0 Å². The smallest absolute Gasteiger partial charge is 0.242 e. The third kappa shape index (κ3) is 30.3. The minimum absolute atomic E-state index is 0.0490. The molecule has 1 radical (unpaired) electrons. The largest absolute Gasteiger partial charge is 0.402 e. The van der Waals surface area contributed by atoms with E-state index in [0.717, 1.165) is 32.1 Å². The van der Waals surface area contributed by atoms with Gasteiger partial charge in [0.15, 0.2) is 0 Å². The number of rotatable bonds is 33. The molecule has 3 N–H and O–H groups in total. The minimum atomic E-state index is -0.749. The van der Waals surface area contributed by atoms with Gasteiger partial charge in [-0.25, -0.2) is 0 Å². The van der Waals surface area contributed by atoms with E-state index in [0.29, 0.717) is 12.8 Å². The maximum absolute atomic E-state index is 12.5. The van der Waals surface area contributed by atoms with Gasteiger partial charge in [-0.1, -0.05) is 175 Å². The van der Waals surface area contributed by atoms with E-state index in [9.17, 15) is 14.4 Å². The number of hydrogen-bond acceptors (Lipinski definition) is 3. The van der Waals surface area contributed by atoms with Crippen molar-refractivity contribution in [3.63, 3.8) is 0 Å². The number of hydrogen-bond donors (Lipinski definition) is 3. The molecule has 0 aliphatic heterocycles. The summed E-state index contributed by atoms with van der Waals surface area (Å²) < 4.78 is 0. The van der Waals surface area contributed by atoms with E-state index < -0.39 is 6.04 Å². The van der Waals surface area contributed by atoms with Crippen molar-refractivity contribution in [3.05, 3.63) is 0 Å². The fraction of sp³-hybridized carbons (Fsp3) is 0.917. The number of carbonyl (C=O) groups excluding carboxylic acids is 3. The number of nitrogens with one attached hydrogen (secondary N) is 3. The van der Waals surface area contributed by atoms with Gasteiger partial charge in [-0.05, 0) is 12.8 Å². The van der Waals surface area contributed by atoms with Crippen LogP contribution < -0.4 is 15.9 Å². The maximum Gasteiger partial charge on any atom is 0.242 e. The summed E-state index contributed by atoms with van der Waals surface area (Å²) in [5.41, 5.74) is 0. The van der Waals surface area contributed by atoms with Crippen LogP contribution in [0.5, 0.6) is 0 Å². The van der Waals surface area contributed by atoms with Crippen LogP contribution in [-0.2, 0) is 14.4 Å². The minimum Gasteiger partial charge on any atom is -0.402 e. The summed E-state index contributed by atoms with van der Waals surface area (Å²) in [7, 11) is 1.56. The van der Waals surface area contributed by atoms with Gasteiger partial charge in [0.2, 0.25) is 25.1 Å². The van der Waals surface area contributed by atoms with Crippen molar-refractivity contribution in [3.8, 4) is 0 Å². The van der Waals surface area contributed by atoms with E-state index in [2.05, 4.69) is 29.7 Å². The van der Waals surface area contributed by atoms with Gasteiger partial charge in [0.05, 0.1) is 0 Å². The van der Waals surface area contributed by atoms with Crippen LogP contribution in [0.15, 0.2) is 0 Å². The lowest BCUT2D eigenvalue weighted by Gasteiger charge is -2.19. The summed E-state index contributed by atoms with van der Waals surface area (Å²) in [5.74, 6) is -0.459. The lowest BCUT2D eigenvalue weighted by atomic mass is 9.99. The van der Waals surface area contributed by atoms with E-state index in [1.54, 1.807) is 14.2 Å². The normalized spacial score (nSPS) is 11.7. The molecule has 0 aliphatic carbocycles. The number of unbranched alkanes of at least 4 members (excludes halogenated alkanes) is 24. The molecule has 1 atom stereocenters. The Morgan fingerprint density at radius 1 is 0.488 bits per heavy atom. The summed E-state index contributed by atoms with van der Waals surface area (Å²) in [6.45, 7) is 6.38. The van der Waals surface area contributed by atoms with Crippen LogP contribution in [0.1, 0.15) is 194 Å². The molecule has 0 aromatic rings. The van der Waals surface area contributed by atoms with Gasteiger partial charge in [0.1, 0.15) is 6.04 Å². The van der Waals surface area contributed by atoms with E-state index in [-0.39, 0.29) is 24.3 Å². The zero-order valence-corrected chi connectivity index (χ0v) is 28.9. The van der Waals surface area contributed by atoms with Crippen LogP contribution in [0.4, 0.5) is 0 Å². The first-order chi connectivity index (χ1) is 21.0. The Morgan fingerprint density at radius 2 is 0.814 bits per heavy atom. The Bertz CT molecular complexity index is 647. The Hall–Kier alpha value is -1.53. The second-order valence-corrected chi connectivity index (χ2v) is 12.7. The first-order valence-corrected chi connectivity index (χ1v) is 18.7. The van der Waals surface area contributed by atoms with E-state index >= 15 is 0 Å². The Balaban J connectivity index is 3.87. The van der Waals surface area contributed by atoms with Crippen LogP contribution >= 0.6 is 0 Å². The molecule has 0 spiro atoms. The monoisotopic (exact) mass is 605 g/mol. The fourth-order valence-corrected chi connectivity index (χ4v) is 5.63. The van der Waals surface area contributed by atoms with Gasteiger partial charge in [0.25, 0.3) is 0 Å². The van der Waals surface area contributed by atoms with Crippen molar-refractivity contribution >= 4 is 25.1 Å². The summed E-state index contributed by atoms with van der Waals surface area (Å²) >= 11 is 0. The average molecular weight is 605 g/mol. The molecule has 0 fully saturated rings. The van der Waals surface area contributed by atoms with Gasteiger partial charge in [-0.3, -0.25) is 14.4 Å². The second-order valence-electron chi connectivity index (χ2n) is 12.7. The van der Waals surface area contributed by atoms with Crippen LogP contribution in [0.25, 0.3) is 0 Å². The molecular weight excluding hydrogens is 533 g/mol. The second kappa shape index (κ2) is 33.4. The average Bonchev–Trinajstić information content (AvgIpc) is 3.00. The molecule has 7 heteroatoms. The predicted molar refractivity (Wildman–Crippen MR) is 185 cm³/mol. The lowest BCUT2D eigenvalue weighted by molar-refractivity contribution is -0.128. The molecule has 0 rings (SSSR count). The van der Waals surface area contributed by atoms with Gasteiger partial charge in [-0.15, -0.1) is 0 Å². The molecule has 3 amide bonds. The third-order valence-corrected chi connectivity index (χ3v) is 8.46. The summed E-state index contributed by atoms with van der Waals surface area (Å²) in [5, 5.41) is 8.35. The van der Waals surface area contributed by atoms with Crippen LogP contribution in [0.3, 0.4) is 0 Å². The fourth-order valence-electron chi connectivity index (χ4n) is 5.63. The van der Waals surface area contributed by atoms with Crippen molar-refractivity contribution in [1.82, 2.24) is 15.9 Å². The molecule has 0 saturated carbocycles. The first kappa shape index (κ1) is 41.5.